The van der Waals surface area contributed by atoms with Gasteiger partial charge in [0.2, 0.25) is 0 Å². The van der Waals surface area contributed by atoms with E-state index < -0.39 is 5.91 Å². The summed E-state index contributed by atoms with van der Waals surface area (Å²) < 4.78 is 6.79. The van der Waals surface area contributed by atoms with Crippen LogP contribution < -0.4 is 10.2 Å². The van der Waals surface area contributed by atoms with E-state index >= 15 is 0 Å². The van der Waals surface area contributed by atoms with Crippen molar-refractivity contribution in [1.82, 2.24) is 15.2 Å². The largest absolute Gasteiger partial charge is 0.497 e. The van der Waals surface area contributed by atoms with Gasteiger partial charge in [-0.2, -0.15) is 10.2 Å². The number of nitrogens with one attached hydrogen (secondary N) is 1. The van der Waals surface area contributed by atoms with Crippen LogP contribution >= 0.6 is 23.2 Å². The Morgan fingerprint density at radius 2 is 1.69 bits per heavy atom. The molecule has 0 aliphatic rings. The highest BCUT2D eigenvalue weighted by molar-refractivity contribution is 6.38. The highest BCUT2D eigenvalue weighted by Crippen LogP contribution is 2.24. The van der Waals surface area contributed by atoms with Crippen LogP contribution in [0, 0.1) is 0 Å². The van der Waals surface area contributed by atoms with Gasteiger partial charge in [0.15, 0.2) is 0 Å². The molecule has 1 aromatic heterocycles. The van der Waals surface area contributed by atoms with Crippen molar-refractivity contribution in [2.75, 3.05) is 7.11 Å². The second-order valence-corrected chi connectivity index (χ2v) is 7.54. The second-order valence-electron chi connectivity index (χ2n) is 6.73. The third-order valence-corrected chi connectivity index (χ3v) is 5.35. The fraction of sp³-hybridized carbons (Fsp3) is 0.0417. The summed E-state index contributed by atoms with van der Waals surface area (Å²) >= 11 is 12.3. The minimum atomic E-state index is -0.430. The number of halogens is 2. The molecule has 0 saturated carbocycles. The summed E-state index contributed by atoms with van der Waals surface area (Å²) in [5, 5.41) is 9.54. The first-order chi connectivity index (χ1) is 15.6. The van der Waals surface area contributed by atoms with Gasteiger partial charge < -0.3 is 4.74 Å². The number of methoxy groups -OCH3 is 1. The van der Waals surface area contributed by atoms with Crippen molar-refractivity contribution in [3.8, 4) is 22.7 Å². The lowest BCUT2D eigenvalue weighted by Gasteiger charge is -2.06. The number of carbonyl (C=O) groups is 1. The maximum atomic E-state index is 13.0. The van der Waals surface area contributed by atoms with Gasteiger partial charge in [-0.15, -0.1) is 0 Å². The van der Waals surface area contributed by atoms with Crippen LogP contribution in [0.1, 0.15) is 16.1 Å². The van der Waals surface area contributed by atoms with E-state index in [-0.39, 0.29) is 0 Å². The average molecular weight is 465 g/mol. The van der Waals surface area contributed by atoms with Gasteiger partial charge in [0, 0.05) is 11.1 Å². The molecular weight excluding hydrogens is 447 g/mol. The third-order valence-electron chi connectivity index (χ3n) is 4.69. The number of benzene rings is 3. The van der Waals surface area contributed by atoms with E-state index in [0.29, 0.717) is 27.0 Å². The zero-order chi connectivity index (χ0) is 22.5. The number of amides is 1. The molecule has 0 aliphatic carbocycles. The Kier molecular flexibility index (Phi) is 6.54. The Morgan fingerprint density at radius 1 is 1.00 bits per heavy atom. The Bertz CT molecular complexity index is 1250. The predicted octanol–water partition coefficient (Wildman–Crippen LogP) is 5.62. The van der Waals surface area contributed by atoms with Crippen LogP contribution in [0.5, 0.6) is 5.75 Å². The Hall–Kier alpha value is -3.61. The molecule has 8 heteroatoms. The molecule has 4 aromatic rings. The van der Waals surface area contributed by atoms with E-state index in [1.54, 1.807) is 36.1 Å². The van der Waals surface area contributed by atoms with Crippen molar-refractivity contribution in [2.45, 2.75) is 0 Å². The standard InChI is InChI=1S/C24H18Cl2N4O2/c1-32-18-12-10-16(11-13-18)22-14-23(30(29-22)17-6-3-2-4-7-17)24(31)28-27-15-19-20(25)8-5-9-21(19)26/h2-15H,1H3,(H,28,31)/b27-15+. The lowest BCUT2D eigenvalue weighted by molar-refractivity contribution is 0.0947. The number of para-hydroxylation sites is 1. The topological polar surface area (TPSA) is 68.5 Å². The van der Waals surface area contributed by atoms with E-state index in [1.165, 1.54) is 6.21 Å². The van der Waals surface area contributed by atoms with Crippen molar-refractivity contribution >= 4 is 35.3 Å². The molecule has 160 valence electrons. The molecule has 0 aliphatic heterocycles. The molecule has 0 spiro atoms. The van der Waals surface area contributed by atoms with Crippen molar-refractivity contribution < 1.29 is 9.53 Å². The molecular formula is C24H18Cl2N4O2. The summed E-state index contributed by atoms with van der Waals surface area (Å²) in [7, 11) is 1.61. The van der Waals surface area contributed by atoms with Crippen molar-refractivity contribution in [3.05, 3.63) is 100 Å². The Labute approximate surface area is 195 Å². The SMILES string of the molecule is COc1ccc(-c2cc(C(=O)N/N=C/c3c(Cl)cccc3Cl)n(-c3ccccc3)n2)cc1. The van der Waals surface area contributed by atoms with Crippen molar-refractivity contribution in [1.29, 1.82) is 0 Å². The van der Waals surface area contributed by atoms with Crippen LogP contribution in [0.3, 0.4) is 0 Å². The summed E-state index contributed by atoms with van der Waals surface area (Å²) in [5.74, 6) is 0.308. The van der Waals surface area contributed by atoms with E-state index in [2.05, 4.69) is 15.6 Å². The maximum Gasteiger partial charge on any atom is 0.290 e. The molecule has 1 heterocycles. The smallest absolute Gasteiger partial charge is 0.290 e. The number of rotatable bonds is 6. The molecule has 4 rings (SSSR count). The molecule has 32 heavy (non-hydrogen) atoms. The van der Waals surface area contributed by atoms with Crippen molar-refractivity contribution in [2.24, 2.45) is 5.10 Å². The number of hydrogen-bond acceptors (Lipinski definition) is 4. The van der Waals surface area contributed by atoms with Crippen LogP contribution in [0.2, 0.25) is 10.0 Å². The van der Waals surface area contributed by atoms with Gasteiger partial charge in [0.25, 0.3) is 5.91 Å². The monoisotopic (exact) mass is 464 g/mol. The first kappa shape index (κ1) is 21.6. The van der Waals surface area contributed by atoms with Crippen LogP contribution in [-0.2, 0) is 0 Å². The lowest BCUT2D eigenvalue weighted by atomic mass is 10.1. The molecule has 0 bridgehead atoms. The minimum absolute atomic E-state index is 0.324. The molecule has 0 unspecified atom stereocenters. The summed E-state index contributed by atoms with van der Waals surface area (Å²) in [6, 6.07) is 23.7. The summed E-state index contributed by atoms with van der Waals surface area (Å²) in [6.07, 6.45) is 1.41. The van der Waals surface area contributed by atoms with E-state index in [9.17, 15) is 4.79 Å². The molecule has 0 saturated heterocycles. The van der Waals surface area contributed by atoms with Gasteiger partial charge >= 0.3 is 0 Å². The number of carbonyl (C=O) groups excluding carboxylic acids is 1. The van der Waals surface area contributed by atoms with Gasteiger partial charge in [-0.3, -0.25) is 4.79 Å². The Morgan fingerprint density at radius 3 is 2.34 bits per heavy atom. The van der Waals surface area contributed by atoms with E-state index in [0.717, 1.165) is 17.0 Å². The summed E-state index contributed by atoms with van der Waals surface area (Å²) in [4.78, 5) is 13.0. The molecule has 6 nitrogen and oxygen atoms in total. The van der Waals surface area contributed by atoms with Crippen LogP contribution in [0.15, 0.2) is 84.0 Å². The lowest BCUT2D eigenvalue weighted by Crippen LogP contribution is -2.21. The van der Waals surface area contributed by atoms with Gasteiger partial charge in [0.1, 0.15) is 11.4 Å². The minimum Gasteiger partial charge on any atom is -0.497 e. The molecule has 1 N–H and O–H groups in total. The fourth-order valence-electron chi connectivity index (χ4n) is 3.06. The number of hydrogen-bond donors (Lipinski definition) is 1. The average Bonchev–Trinajstić information content (AvgIpc) is 3.27. The maximum absolute atomic E-state index is 13.0. The quantitative estimate of drug-likeness (QED) is 0.297. The summed E-state index contributed by atoms with van der Waals surface area (Å²) in [5.41, 5.74) is 5.60. The van der Waals surface area contributed by atoms with E-state index in [4.69, 9.17) is 27.9 Å². The highest BCUT2D eigenvalue weighted by atomic mass is 35.5. The zero-order valence-electron chi connectivity index (χ0n) is 17.0. The highest BCUT2D eigenvalue weighted by Gasteiger charge is 2.17. The van der Waals surface area contributed by atoms with Crippen LogP contribution in [-0.4, -0.2) is 29.0 Å². The first-order valence-electron chi connectivity index (χ1n) is 9.64. The fourth-order valence-corrected chi connectivity index (χ4v) is 3.55. The molecule has 0 atom stereocenters. The molecule has 1 amide bonds. The van der Waals surface area contributed by atoms with Gasteiger partial charge in [0.05, 0.1) is 34.8 Å². The molecule has 0 radical (unpaired) electrons. The van der Waals surface area contributed by atoms with Gasteiger partial charge in [-0.1, -0.05) is 47.5 Å². The number of hydrazone groups is 1. The number of aromatic nitrogens is 2. The van der Waals surface area contributed by atoms with Gasteiger partial charge in [-0.05, 0) is 54.6 Å². The molecule has 0 fully saturated rings. The van der Waals surface area contributed by atoms with Crippen molar-refractivity contribution in [3.63, 3.8) is 0 Å². The number of nitrogens with zero attached hydrogens (tertiary/aromatic N) is 3. The van der Waals surface area contributed by atoms with Crippen LogP contribution in [0.4, 0.5) is 0 Å². The normalized spacial score (nSPS) is 11.0. The predicted molar refractivity (Wildman–Crippen MR) is 127 cm³/mol. The number of ether oxygens (including phenoxy) is 1. The van der Waals surface area contributed by atoms with Crippen LogP contribution in [0.25, 0.3) is 16.9 Å². The summed E-state index contributed by atoms with van der Waals surface area (Å²) in [6.45, 7) is 0. The second kappa shape index (κ2) is 9.68. The third kappa shape index (κ3) is 4.66. The molecule has 3 aromatic carbocycles. The van der Waals surface area contributed by atoms with E-state index in [1.807, 2.05) is 54.6 Å². The van der Waals surface area contributed by atoms with Gasteiger partial charge in [-0.25, -0.2) is 10.1 Å². The first-order valence-corrected chi connectivity index (χ1v) is 10.4. The zero-order valence-corrected chi connectivity index (χ0v) is 18.5. The Balaban J connectivity index is 1.66.